The molecule has 3 rings (SSSR count). The van der Waals surface area contributed by atoms with Gasteiger partial charge in [0.25, 0.3) is 0 Å². The number of ether oxygens (including phenoxy) is 1. The third kappa shape index (κ3) is 3.98. The maximum absolute atomic E-state index is 11.0. The van der Waals surface area contributed by atoms with E-state index in [9.17, 15) is 4.79 Å². The Kier molecular flexibility index (Phi) is 6.08. The Bertz CT molecular complexity index is 784. The lowest BCUT2D eigenvalue weighted by molar-refractivity contribution is -0.118. The van der Waals surface area contributed by atoms with Crippen molar-refractivity contribution in [2.45, 2.75) is 58.4 Å². The Morgan fingerprint density at radius 1 is 1.27 bits per heavy atom. The van der Waals surface area contributed by atoms with Crippen LogP contribution in [0, 0.1) is 0 Å². The minimum atomic E-state index is 0.0202. The predicted octanol–water partition coefficient (Wildman–Crippen LogP) is 2.00. The first-order valence-electron chi connectivity index (χ1n) is 9.51. The molecule has 7 heteroatoms. The fourth-order valence-corrected chi connectivity index (χ4v) is 3.73. The van der Waals surface area contributed by atoms with Gasteiger partial charge < -0.3 is 20.4 Å². The van der Waals surface area contributed by atoms with Gasteiger partial charge in [-0.1, -0.05) is 0 Å². The van der Waals surface area contributed by atoms with Crippen molar-refractivity contribution in [2.75, 3.05) is 26.0 Å². The third-order valence-corrected chi connectivity index (χ3v) is 4.98. The molecule has 142 valence electrons. The van der Waals surface area contributed by atoms with Crippen molar-refractivity contribution >= 4 is 22.8 Å². The first-order valence-corrected chi connectivity index (χ1v) is 9.51. The maximum atomic E-state index is 11.0. The van der Waals surface area contributed by atoms with Gasteiger partial charge in [0.1, 0.15) is 11.3 Å². The lowest BCUT2D eigenvalue weighted by atomic mass is 9.95. The number of unbranched alkanes of at least 4 members (excludes halogenated alkanes) is 1. The summed E-state index contributed by atoms with van der Waals surface area (Å²) in [7, 11) is 1.71. The van der Waals surface area contributed by atoms with Gasteiger partial charge in [0.05, 0.1) is 12.1 Å². The van der Waals surface area contributed by atoms with E-state index in [4.69, 9.17) is 15.5 Å². The summed E-state index contributed by atoms with van der Waals surface area (Å²) in [4.78, 5) is 20.5. The number of amides is 1. The first-order chi connectivity index (χ1) is 12.6. The molecule has 1 aliphatic rings. The van der Waals surface area contributed by atoms with E-state index in [2.05, 4.69) is 14.9 Å². The van der Waals surface area contributed by atoms with Crippen LogP contribution in [0.3, 0.4) is 0 Å². The zero-order valence-corrected chi connectivity index (χ0v) is 15.8. The number of methoxy groups -OCH3 is 1. The third-order valence-electron chi connectivity index (χ3n) is 4.98. The number of aryl methyl sites for hydroxylation is 3. The highest BCUT2D eigenvalue weighted by Crippen LogP contribution is 2.31. The zero-order chi connectivity index (χ0) is 18.5. The number of aromatic nitrogens is 3. The molecule has 0 atom stereocenters. The molecule has 0 saturated carbocycles. The minimum absolute atomic E-state index is 0.0202. The number of carbonyl (C=O) groups excluding carboxylic acids is 1. The van der Waals surface area contributed by atoms with E-state index < -0.39 is 0 Å². The van der Waals surface area contributed by atoms with Crippen LogP contribution in [0.5, 0.6) is 0 Å². The van der Waals surface area contributed by atoms with E-state index in [1.165, 1.54) is 18.4 Å². The van der Waals surface area contributed by atoms with Crippen LogP contribution in [0.15, 0.2) is 0 Å². The largest absolute Gasteiger partial charge is 0.384 e. The molecule has 2 aromatic rings. The molecule has 0 aromatic carbocycles. The summed E-state index contributed by atoms with van der Waals surface area (Å²) >= 11 is 0. The average molecular weight is 359 g/mol. The van der Waals surface area contributed by atoms with Crippen LogP contribution in [0.25, 0.3) is 11.0 Å². The summed E-state index contributed by atoms with van der Waals surface area (Å²) < 4.78 is 7.57. The molecular weight excluding hydrogens is 330 g/mol. The number of anilines is 1. The number of carbonyl (C=O) groups is 1. The maximum Gasteiger partial charge on any atom is 0.216 e. The van der Waals surface area contributed by atoms with Crippen molar-refractivity contribution < 1.29 is 9.53 Å². The molecule has 7 nitrogen and oxygen atoms in total. The molecule has 1 amide bonds. The summed E-state index contributed by atoms with van der Waals surface area (Å²) in [5.74, 6) is 1.57. The van der Waals surface area contributed by atoms with Gasteiger partial charge in [-0.25, -0.2) is 9.97 Å². The lowest BCUT2D eigenvalue weighted by Gasteiger charge is -2.18. The van der Waals surface area contributed by atoms with Gasteiger partial charge in [0, 0.05) is 39.2 Å². The van der Waals surface area contributed by atoms with Gasteiger partial charge in [-0.05, 0) is 44.1 Å². The topological polar surface area (TPSA) is 95.1 Å². The first kappa shape index (κ1) is 18.6. The highest BCUT2D eigenvalue weighted by Gasteiger charge is 2.22. The molecule has 26 heavy (non-hydrogen) atoms. The van der Waals surface area contributed by atoms with Crippen LogP contribution in [0.4, 0.5) is 5.82 Å². The number of rotatable bonds is 8. The molecule has 0 spiro atoms. The standard InChI is InChI=1S/C19H29N5O2/c1-13(25)21-10-5-6-11-24-16(9-12-26-2)23-17-18(24)14-7-3-4-8-15(14)22-19(17)20/h3-12H2,1-2H3,(H2,20,22)(H,21,25). The summed E-state index contributed by atoms with van der Waals surface area (Å²) in [6.07, 6.45) is 7.07. The van der Waals surface area contributed by atoms with Crippen molar-refractivity contribution in [1.82, 2.24) is 19.9 Å². The second kappa shape index (κ2) is 8.49. The van der Waals surface area contributed by atoms with E-state index >= 15 is 0 Å². The van der Waals surface area contributed by atoms with E-state index in [0.717, 1.165) is 61.2 Å². The van der Waals surface area contributed by atoms with Crippen molar-refractivity contribution in [1.29, 1.82) is 0 Å². The predicted molar refractivity (Wildman–Crippen MR) is 102 cm³/mol. The normalized spacial score (nSPS) is 13.8. The highest BCUT2D eigenvalue weighted by molar-refractivity contribution is 5.89. The number of imidazole rings is 1. The number of hydrogen-bond acceptors (Lipinski definition) is 5. The molecule has 2 aromatic heterocycles. The van der Waals surface area contributed by atoms with Gasteiger partial charge >= 0.3 is 0 Å². The van der Waals surface area contributed by atoms with Crippen LogP contribution >= 0.6 is 0 Å². The van der Waals surface area contributed by atoms with Gasteiger partial charge in [-0.3, -0.25) is 4.79 Å². The SMILES string of the molecule is COCCc1nc2c(N)nc3c(c2n1CCCCNC(C)=O)CCCC3. The zero-order valence-electron chi connectivity index (χ0n) is 15.8. The molecule has 0 unspecified atom stereocenters. The monoisotopic (exact) mass is 359 g/mol. The van der Waals surface area contributed by atoms with Gasteiger partial charge in [0.2, 0.25) is 5.91 Å². The molecule has 0 saturated heterocycles. The second-order valence-electron chi connectivity index (χ2n) is 6.94. The summed E-state index contributed by atoms with van der Waals surface area (Å²) in [5.41, 5.74) is 10.7. The number of hydrogen-bond donors (Lipinski definition) is 2. The number of fused-ring (bicyclic) bond motifs is 3. The lowest BCUT2D eigenvalue weighted by Crippen LogP contribution is -2.21. The number of nitrogens with one attached hydrogen (secondary N) is 1. The Hall–Kier alpha value is -2.15. The van der Waals surface area contributed by atoms with Crippen LogP contribution in [-0.2, 0) is 35.3 Å². The smallest absolute Gasteiger partial charge is 0.216 e. The molecule has 0 radical (unpaired) electrons. The average Bonchev–Trinajstić information content (AvgIpc) is 2.99. The number of pyridine rings is 1. The minimum Gasteiger partial charge on any atom is -0.384 e. The van der Waals surface area contributed by atoms with Crippen molar-refractivity contribution in [3.05, 3.63) is 17.1 Å². The fourth-order valence-electron chi connectivity index (χ4n) is 3.73. The van der Waals surface area contributed by atoms with E-state index in [1.807, 2.05) is 0 Å². The Morgan fingerprint density at radius 2 is 2.08 bits per heavy atom. The van der Waals surface area contributed by atoms with Crippen LogP contribution in [0.2, 0.25) is 0 Å². The van der Waals surface area contributed by atoms with Crippen LogP contribution in [-0.4, -0.2) is 40.7 Å². The highest BCUT2D eigenvalue weighted by atomic mass is 16.5. The molecule has 3 N–H and O–H groups in total. The number of nitrogens with two attached hydrogens (primary N) is 1. The Morgan fingerprint density at radius 3 is 2.85 bits per heavy atom. The number of nitrogens with zero attached hydrogens (tertiary/aromatic N) is 3. The van der Waals surface area contributed by atoms with E-state index in [1.54, 1.807) is 14.0 Å². The fraction of sp³-hybridized carbons (Fsp3) is 0.632. The van der Waals surface area contributed by atoms with Crippen LogP contribution in [0.1, 0.15) is 49.7 Å². The van der Waals surface area contributed by atoms with E-state index in [-0.39, 0.29) is 5.91 Å². The quantitative estimate of drug-likeness (QED) is 0.703. The molecule has 0 bridgehead atoms. The van der Waals surface area contributed by atoms with Crippen molar-refractivity contribution in [2.24, 2.45) is 0 Å². The Balaban J connectivity index is 1.91. The van der Waals surface area contributed by atoms with Crippen molar-refractivity contribution in [3.8, 4) is 0 Å². The second-order valence-corrected chi connectivity index (χ2v) is 6.94. The number of nitrogen functional groups attached to an aromatic ring is 1. The molecule has 1 aliphatic carbocycles. The van der Waals surface area contributed by atoms with Gasteiger partial charge in [-0.2, -0.15) is 0 Å². The molecule has 0 aliphatic heterocycles. The molecule has 2 heterocycles. The summed E-state index contributed by atoms with van der Waals surface area (Å²) in [6.45, 7) is 3.75. The molecule has 0 fully saturated rings. The van der Waals surface area contributed by atoms with Crippen LogP contribution < -0.4 is 11.1 Å². The molecular formula is C19H29N5O2. The van der Waals surface area contributed by atoms with Gasteiger partial charge in [-0.15, -0.1) is 0 Å². The summed E-state index contributed by atoms with van der Waals surface area (Å²) in [6, 6.07) is 0. The summed E-state index contributed by atoms with van der Waals surface area (Å²) in [5, 5.41) is 2.86. The Labute approximate surface area is 154 Å². The van der Waals surface area contributed by atoms with Gasteiger partial charge in [0.15, 0.2) is 5.82 Å². The van der Waals surface area contributed by atoms with E-state index in [0.29, 0.717) is 19.0 Å². The van der Waals surface area contributed by atoms with Crippen molar-refractivity contribution in [3.63, 3.8) is 0 Å².